The molecule has 0 aliphatic carbocycles. The number of carbonyl (C=O) groups is 2. The zero-order valence-electron chi connectivity index (χ0n) is 13.4. The molecule has 2 aliphatic heterocycles. The fraction of sp³-hybridized carbons (Fsp3) is 0.400. The molecule has 0 radical (unpaired) electrons. The number of fused-ring (bicyclic) bond motifs is 1. The number of amidine groups is 1. The normalized spacial score (nSPS) is 21.3. The van der Waals surface area contributed by atoms with E-state index in [0.29, 0.717) is 23.8 Å². The monoisotopic (exact) mass is 334 g/mol. The number of rotatable bonds is 3. The summed E-state index contributed by atoms with van der Waals surface area (Å²) < 4.78 is 10.8. The molecule has 24 heavy (non-hydrogen) atoms. The third-order valence-electron chi connectivity index (χ3n) is 3.93. The molecule has 0 unspecified atom stereocenters. The Labute approximate surface area is 138 Å². The highest BCUT2D eigenvalue weighted by Crippen LogP contribution is 2.36. The van der Waals surface area contributed by atoms with Crippen molar-refractivity contribution in [2.75, 3.05) is 36.5 Å². The second-order valence-corrected chi connectivity index (χ2v) is 5.57. The first-order valence-corrected chi connectivity index (χ1v) is 7.43. The van der Waals surface area contributed by atoms with Crippen molar-refractivity contribution in [3.05, 3.63) is 18.2 Å². The van der Waals surface area contributed by atoms with E-state index in [9.17, 15) is 9.59 Å². The zero-order valence-corrected chi connectivity index (χ0v) is 13.4. The Kier molecular flexibility index (Phi) is 4.15. The number of nitrogens with zero attached hydrogens (tertiary/aromatic N) is 3. The number of ether oxygens (including phenoxy) is 2. The molecule has 0 aromatic heterocycles. The predicted octanol–water partition coefficient (Wildman–Crippen LogP) is 0.764. The van der Waals surface area contributed by atoms with E-state index in [4.69, 9.17) is 14.7 Å². The standard InChI is InChI=1S/C15H18N4O5/c1-9(20)16-6-11-7-19(15(21)24-11)10-3-4-12-13(5-10)23-8-14(17-22)18(12)2/h3-5,11,22H,6-8H2,1-2H3,(H,16,20)/t11-/m0/s1. The summed E-state index contributed by atoms with van der Waals surface area (Å²) >= 11 is 0. The van der Waals surface area contributed by atoms with Gasteiger partial charge < -0.3 is 24.9 Å². The Hall–Kier alpha value is -2.97. The van der Waals surface area contributed by atoms with Crippen LogP contribution in [0.5, 0.6) is 5.75 Å². The molecule has 128 valence electrons. The van der Waals surface area contributed by atoms with Gasteiger partial charge in [0, 0.05) is 20.0 Å². The van der Waals surface area contributed by atoms with Crippen molar-refractivity contribution in [1.29, 1.82) is 0 Å². The Bertz CT molecular complexity index is 705. The first-order valence-electron chi connectivity index (χ1n) is 7.43. The van der Waals surface area contributed by atoms with Gasteiger partial charge in [-0.25, -0.2) is 4.79 Å². The summed E-state index contributed by atoms with van der Waals surface area (Å²) in [6, 6.07) is 5.28. The number of oxime groups is 1. The van der Waals surface area contributed by atoms with Gasteiger partial charge in [-0.3, -0.25) is 9.69 Å². The summed E-state index contributed by atoms with van der Waals surface area (Å²) in [6.45, 7) is 2.17. The molecule has 0 bridgehead atoms. The molecular weight excluding hydrogens is 316 g/mol. The minimum absolute atomic E-state index is 0.138. The number of cyclic esters (lactones) is 1. The molecule has 9 heteroatoms. The molecule has 3 rings (SSSR count). The quantitative estimate of drug-likeness (QED) is 0.625. The van der Waals surface area contributed by atoms with E-state index in [2.05, 4.69) is 10.5 Å². The minimum Gasteiger partial charge on any atom is -0.483 e. The van der Waals surface area contributed by atoms with Crippen LogP contribution in [-0.4, -0.2) is 55.9 Å². The van der Waals surface area contributed by atoms with Crippen molar-refractivity contribution < 1.29 is 24.3 Å². The lowest BCUT2D eigenvalue weighted by molar-refractivity contribution is -0.119. The Balaban J connectivity index is 1.77. The summed E-state index contributed by atoms with van der Waals surface area (Å²) in [5, 5.41) is 14.8. The van der Waals surface area contributed by atoms with Crippen molar-refractivity contribution in [2.24, 2.45) is 5.16 Å². The maximum absolute atomic E-state index is 12.0. The van der Waals surface area contributed by atoms with E-state index in [-0.39, 0.29) is 19.1 Å². The second-order valence-electron chi connectivity index (χ2n) is 5.57. The molecule has 1 aromatic carbocycles. The fourth-order valence-corrected chi connectivity index (χ4v) is 2.63. The molecule has 2 amide bonds. The Morgan fingerprint density at radius 2 is 2.29 bits per heavy atom. The van der Waals surface area contributed by atoms with Crippen molar-refractivity contribution >= 4 is 29.2 Å². The van der Waals surface area contributed by atoms with Gasteiger partial charge in [-0.15, -0.1) is 0 Å². The third kappa shape index (κ3) is 2.92. The maximum atomic E-state index is 12.0. The molecule has 1 atom stereocenters. The van der Waals surface area contributed by atoms with Crippen LogP contribution in [0.25, 0.3) is 0 Å². The molecule has 9 nitrogen and oxygen atoms in total. The van der Waals surface area contributed by atoms with Gasteiger partial charge in [0.15, 0.2) is 5.84 Å². The SMILES string of the molecule is CC(=O)NC[C@H]1CN(c2ccc3c(c2)OCC(=NO)N3C)C(=O)O1. The molecule has 0 saturated carbocycles. The zero-order chi connectivity index (χ0) is 17.3. The largest absolute Gasteiger partial charge is 0.483 e. The molecule has 1 saturated heterocycles. The van der Waals surface area contributed by atoms with Gasteiger partial charge in [0.1, 0.15) is 18.5 Å². The maximum Gasteiger partial charge on any atom is 0.414 e. The summed E-state index contributed by atoms with van der Waals surface area (Å²) in [4.78, 5) is 26.2. The minimum atomic E-state index is -0.466. The van der Waals surface area contributed by atoms with Crippen LogP contribution in [0.15, 0.2) is 23.4 Å². The molecule has 2 aliphatic rings. The second kappa shape index (κ2) is 6.26. The molecule has 2 N–H and O–H groups in total. The Morgan fingerprint density at radius 1 is 1.50 bits per heavy atom. The number of hydrogen-bond donors (Lipinski definition) is 2. The van der Waals surface area contributed by atoms with Crippen LogP contribution in [0.4, 0.5) is 16.2 Å². The van der Waals surface area contributed by atoms with Crippen LogP contribution < -0.4 is 19.9 Å². The average Bonchev–Trinajstić information content (AvgIpc) is 2.94. The lowest BCUT2D eigenvalue weighted by atomic mass is 10.2. The van der Waals surface area contributed by atoms with Crippen LogP contribution in [-0.2, 0) is 9.53 Å². The highest BCUT2D eigenvalue weighted by Gasteiger charge is 2.33. The van der Waals surface area contributed by atoms with Crippen molar-refractivity contribution in [3.8, 4) is 5.75 Å². The average molecular weight is 334 g/mol. The lowest BCUT2D eigenvalue weighted by Gasteiger charge is -2.28. The summed E-state index contributed by atoms with van der Waals surface area (Å²) in [5.74, 6) is 0.808. The van der Waals surface area contributed by atoms with Crippen molar-refractivity contribution in [3.63, 3.8) is 0 Å². The molecule has 1 fully saturated rings. The summed E-state index contributed by atoms with van der Waals surface area (Å²) in [5.41, 5.74) is 1.38. The van der Waals surface area contributed by atoms with E-state index in [1.54, 1.807) is 30.1 Å². The van der Waals surface area contributed by atoms with Gasteiger partial charge >= 0.3 is 6.09 Å². The van der Waals surface area contributed by atoms with Crippen LogP contribution in [0.3, 0.4) is 0 Å². The number of amides is 2. The van der Waals surface area contributed by atoms with Gasteiger partial charge in [0.25, 0.3) is 0 Å². The van der Waals surface area contributed by atoms with Crippen molar-refractivity contribution in [1.82, 2.24) is 5.32 Å². The number of carbonyl (C=O) groups excluding carboxylic acids is 2. The topological polar surface area (TPSA) is 104 Å². The summed E-state index contributed by atoms with van der Waals surface area (Å²) in [7, 11) is 1.77. The van der Waals surface area contributed by atoms with Gasteiger partial charge in [-0.1, -0.05) is 5.16 Å². The summed E-state index contributed by atoms with van der Waals surface area (Å²) in [6.07, 6.45) is -0.860. The van der Waals surface area contributed by atoms with E-state index in [1.165, 1.54) is 11.8 Å². The Morgan fingerprint density at radius 3 is 3.00 bits per heavy atom. The van der Waals surface area contributed by atoms with Crippen LogP contribution in [0.2, 0.25) is 0 Å². The van der Waals surface area contributed by atoms with E-state index < -0.39 is 12.2 Å². The third-order valence-corrected chi connectivity index (χ3v) is 3.93. The van der Waals surface area contributed by atoms with Gasteiger partial charge in [0.05, 0.1) is 24.5 Å². The number of nitrogens with one attached hydrogen (secondary N) is 1. The van der Waals surface area contributed by atoms with E-state index >= 15 is 0 Å². The fourth-order valence-electron chi connectivity index (χ4n) is 2.63. The van der Waals surface area contributed by atoms with Gasteiger partial charge in [0.2, 0.25) is 5.91 Å². The number of hydrogen-bond acceptors (Lipinski definition) is 6. The predicted molar refractivity (Wildman–Crippen MR) is 85.9 cm³/mol. The van der Waals surface area contributed by atoms with E-state index in [0.717, 1.165) is 5.69 Å². The van der Waals surface area contributed by atoms with Crippen LogP contribution >= 0.6 is 0 Å². The van der Waals surface area contributed by atoms with Gasteiger partial charge in [-0.2, -0.15) is 0 Å². The molecule has 2 heterocycles. The lowest BCUT2D eigenvalue weighted by Crippen LogP contribution is -2.36. The molecule has 1 aromatic rings. The number of anilines is 2. The molecule has 0 spiro atoms. The van der Waals surface area contributed by atoms with Crippen LogP contribution in [0.1, 0.15) is 6.92 Å². The van der Waals surface area contributed by atoms with Crippen molar-refractivity contribution in [2.45, 2.75) is 13.0 Å². The van der Waals surface area contributed by atoms with Crippen LogP contribution in [0, 0.1) is 0 Å². The first kappa shape index (κ1) is 15.9. The highest BCUT2D eigenvalue weighted by molar-refractivity contribution is 6.01. The van der Waals surface area contributed by atoms with Gasteiger partial charge in [-0.05, 0) is 12.1 Å². The number of benzene rings is 1. The highest BCUT2D eigenvalue weighted by atomic mass is 16.6. The van der Waals surface area contributed by atoms with E-state index in [1.807, 2.05) is 0 Å². The number of likely N-dealkylation sites (N-methyl/N-ethyl adjacent to an activating group) is 1. The molecular formula is C15H18N4O5. The smallest absolute Gasteiger partial charge is 0.414 e. The first-order chi connectivity index (χ1) is 11.5.